The molecule has 1 atom stereocenters. The summed E-state index contributed by atoms with van der Waals surface area (Å²) in [4.78, 5) is 14.8. The molecule has 31 heavy (non-hydrogen) atoms. The molecule has 1 saturated heterocycles. The van der Waals surface area contributed by atoms with Gasteiger partial charge in [0.25, 0.3) is 5.91 Å². The molecule has 1 unspecified atom stereocenters. The molecule has 3 N–H and O–H groups in total. The number of hydrogen-bond acceptors (Lipinski definition) is 5. The number of fused-ring (bicyclic) bond motifs is 1. The van der Waals surface area contributed by atoms with Crippen LogP contribution in [0.15, 0.2) is 48.3 Å². The summed E-state index contributed by atoms with van der Waals surface area (Å²) in [5, 5.41) is 15.8. The molecule has 1 amide bonds. The van der Waals surface area contributed by atoms with E-state index < -0.39 is 23.4 Å². The number of alkyl halides is 3. The molecule has 0 bridgehead atoms. The predicted molar refractivity (Wildman–Crippen MR) is 108 cm³/mol. The van der Waals surface area contributed by atoms with E-state index >= 15 is 0 Å². The molecule has 10 heteroatoms. The molecule has 0 spiro atoms. The Labute approximate surface area is 182 Å². The lowest BCUT2D eigenvalue weighted by atomic mass is 9.91. The summed E-state index contributed by atoms with van der Waals surface area (Å²) in [6.45, 7) is 0.644. The van der Waals surface area contributed by atoms with Gasteiger partial charge in [0, 0.05) is 25.0 Å². The van der Waals surface area contributed by atoms with Crippen molar-refractivity contribution in [1.29, 1.82) is 0 Å². The van der Waals surface area contributed by atoms with Crippen molar-refractivity contribution in [3.63, 3.8) is 0 Å². The smallest absolute Gasteiger partial charge is 0.394 e. The third kappa shape index (κ3) is 4.17. The van der Waals surface area contributed by atoms with Crippen molar-refractivity contribution < 1.29 is 27.8 Å². The van der Waals surface area contributed by atoms with E-state index in [-0.39, 0.29) is 17.5 Å². The molecule has 6 nitrogen and oxygen atoms in total. The van der Waals surface area contributed by atoms with Gasteiger partial charge in [-0.15, -0.1) is 0 Å². The molecular weight excluding hydrogens is 435 g/mol. The number of benzene rings is 1. The standard InChI is InChI=1S/C21H21ClF3N3O3/c22-15-11-13(21(23,24)25)4-5-14(15)17-16-3-1-2-8-28(16)18(26-17)19(30)27-20(12-29)6-9-31-10-7-20/h1-5,8,11,18,26,29H,6-7,9-10,12H2,(H,27,30). The second-order valence-electron chi connectivity index (χ2n) is 7.65. The molecule has 4 rings (SSSR count). The Bertz CT molecular complexity index is 968. The van der Waals surface area contributed by atoms with Crippen LogP contribution in [0.4, 0.5) is 13.2 Å². The first-order valence-electron chi connectivity index (χ1n) is 9.76. The average Bonchev–Trinajstić information content (AvgIpc) is 3.13. The van der Waals surface area contributed by atoms with Crippen molar-refractivity contribution in [3.8, 4) is 0 Å². The van der Waals surface area contributed by atoms with E-state index in [2.05, 4.69) is 10.6 Å². The van der Waals surface area contributed by atoms with Crippen molar-refractivity contribution >= 4 is 23.2 Å². The topological polar surface area (TPSA) is 73.8 Å². The van der Waals surface area contributed by atoms with Crippen LogP contribution in [0.1, 0.15) is 24.0 Å². The van der Waals surface area contributed by atoms with Gasteiger partial charge in [0.15, 0.2) is 6.17 Å². The van der Waals surface area contributed by atoms with E-state index in [1.54, 1.807) is 29.3 Å². The molecule has 0 aromatic heterocycles. The average molecular weight is 456 g/mol. The summed E-state index contributed by atoms with van der Waals surface area (Å²) >= 11 is 6.19. The summed E-state index contributed by atoms with van der Waals surface area (Å²) in [7, 11) is 0. The van der Waals surface area contributed by atoms with Crippen LogP contribution in [-0.2, 0) is 15.7 Å². The second kappa shape index (κ2) is 8.22. The van der Waals surface area contributed by atoms with Crippen molar-refractivity contribution in [1.82, 2.24) is 15.5 Å². The van der Waals surface area contributed by atoms with Crippen molar-refractivity contribution in [2.75, 3.05) is 19.8 Å². The Hall–Kier alpha value is -2.49. The molecule has 1 aromatic rings. The third-order valence-electron chi connectivity index (χ3n) is 5.66. The van der Waals surface area contributed by atoms with Crippen LogP contribution in [0, 0.1) is 0 Å². The Morgan fingerprint density at radius 2 is 2.06 bits per heavy atom. The number of nitrogens with zero attached hydrogens (tertiary/aromatic N) is 1. The molecule has 3 aliphatic rings. The first-order chi connectivity index (χ1) is 14.7. The number of halogens is 4. The highest BCUT2D eigenvalue weighted by Gasteiger charge is 2.41. The summed E-state index contributed by atoms with van der Waals surface area (Å²) in [5.74, 6) is -0.369. The molecule has 0 radical (unpaired) electrons. The monoisotopic (exact) mass is 455 g/mol. The normalized spacial score (nSPS) is 22.4. The Kier molecular flexibility index (Phi) is 5.76. The van der Waals surface area contributed by atoms with Gasteiger partial charge in [-0.05, 0) is 37.1 Å². The van der Waals surface area contributed by atoms with Gasteiger partial charge in [-0.2, -0.15) is 13.2 Å². The minimum atomic E-state index is -4.51. The third-order valence-corrected chi connectivity index (χ3v) is 5.97. The Morgan fingerprint density at radius 1 is 1.32 bits per heavy atom. The number of nitrogens with one attached hydrogen (secondary N) is 2. The van der Waals surface area contributed by atoms with Crippen LogP contribution in [0.5, 0.6) is 0 Å². The minimum Gasteiger partial charge on any atom is -0.394 e. The quantitative estimate of drug-likeness (QED) is 0.651. The first-order valence-corrected chi connectivity index (χ1v) is 10.1. The molecule has 3 heterocycles. The van der Waals surface area contributed by atoms with Gasteiger partial charge in [0.2, 0.25) is 0 Å². The largest absolute Gasteiger partial charge is 0.416 e. The van der Waals surface area contributed by atoms with E-state index in [1.165, 1.54) is 6.07 Å². The zero-order valence-corrected chi connectivity index (χ0v) is 17.1. The van der Waals surface area contributed by atoms with E-state index in [0.717, 1.165) is 12.1 Å². The van der Waals surface area contributed by atoms with Gasteiger partial charge in [0.05, 0.1) is 34.1 Å². The molecule has 0 aliphatic carbocycles. The van der Waals surface area contributed by atoms with Gasteiger partial charge in [0.1, 0.15) is 0 Å². The van der Waals surface area contributed by atoms with Crippen LogP contribution in [-0.4, -0.2) is 47.4 Å². The fraction of sp³-hybridized carbons (Fsp3) is 0.381. The molecule has 166 valence electrons. The SMILES string of the molecule is O=C(NC1(CO)CCOCC1)C1NC(c2ccc(C(F)(F)F)cc2Cl)=C2C=CC=CN21. The number of allylic oxidation sites excluding steroid dienone is 3. The number of aliphatic hydroxyl groups excluding tert-OH is 1. The van der Waals surface area contributed by atoms with Crippen LogP contribution >= 0.6 is 11.6 Å². The highest BCUT2D eigenvalue weighted by Crippen LogP contribution is 2.37. The zero-order chi connectivity index (χ0) is 22.2. The number of amides is 1. The van der Waals surface area contributed by atoms with Gasteiger partial charge in [-0.3, -0.25) is 4.79 Å². The van der Waals surface area contributed by atoms with Crippen LogP contribution in [0.2, 0.25) is 5.02 Å². The number of hydrogen-bond donors (Lipinski definition) is 3. The molecule has 0 saturated carbocycles. The lowest BCUT2D eigenvalue weighted by Crippen LogP contribution is -2.60. The van der Waals surface area contributed by atoms with E-state index in [4.69, 9.17) is 16.3 Å². The number of carbonyl (C=O) groups is 1. The van der Waals surface area contributed by atoms with Crippen LogP contribution in [0.25, 0.3) is 5.70 Å². The number of ether oxygens (including phenoxy) is 1. The van der Waals surface area contributed by atoms with Gasteiger partial charge >= 0.3 is 6.18 Å². The Morgan fingerprint density at radius 3 is 2.71 bits per heavy atom. The number of rotatable bonds is 4. The molecular formula is C21H21ClF3N3O3. The second-order valence-corrected chi connectivity index (χ2v) is 8.05. The maximum Gasteiger partial charge on any atom is 0.416 e. The minimum absolute atomic E-state index is 0.0787. The zero-order valence-electron chi connectivity index (χ0n) is 16.4. The maximum absolute atomic E-state index is 13.1. The van der Waals surface area contributed by atoms with E-state index in [0.29, 0.717) is 43.0 Å². The summed E-state index contributed by atoms with van der Waals surface area (Å²) in [6.07, 6.45) is 2.57. The summed E-state index contributed by atoms with van der Waals surface area (Å²) < 4.78 is 44.4. The molecule has 1 aromatic carbocycles. The summed E-state index contributed by atoms with van der Waals surface area (Å²) in [5.41, 5.74) is -0.215. The maximum atomic E-state index is 13.1. The van der Waals surface area contributed by atoms with E-state index in [1.807, 2.05) is 0 Å². The van der Waals surface area contributed by atoms with Gasteiger partial charge < -0.3 is 25.4 Å². The first kappa shape index (κ1) is 21.7. The fourth-order valence-corrected chi connectivity index (χ4v) is 4.16. The van der Waals surface area contributed by atoms with Crippen molar-refractivity contribution in [2.24, 2.45) is 0 Å². The lowest BCUT2D eigenvalue weighted by molar-refractivity contribution is -0.137. The van der Waals surface area contributed by atoms with Crippen LogP contribution in [0.3, 0.4) is 0 Å². The van der Waals surface area contributed by atoms with Crippen LogP contribution < -0.4 is 10.6 Å². The van der Waals surface area contributed by atoms with Gasteiger partial charge in [-0.1, -0.05) is 23.7 Å². The number of carbonyl (C=O) groups excluding carboxylic acids is 1. The highest BCUT2D eigenvalue weighted by atomic mass is 35.5. The van der Waals surface area contributed by atoms with Crippen molar-refractivity contribution in [3.05, 3.63) is 64.5 Å². The molecule has 3 aliphatic heterocycles. The predicted octanol–water partition coefficient (Wildman–Crippen LogP) is 3.00. The van der Waals surface area contributed by atoms with Gasteiger partial charge in [-0.25, -0.2) is 0 Å². The highest BCUT2D eigenvalue weighted by molar-refractivity contribution is 6.32. The lowest BCUT2D eigenvalue weighted by Gasteiger charge is -2.38. The number of aliphatic hydroxyl groups is 1. The van der Waals surface area contributed by atoms with E-state index in [9.17, 15) is 23.1 Å². The van der Waals surface area contributed by atoms with Crippen molar-refractivity contribution in [2.45, 2.75) is 30.7 Å². The molecule has 1 fully saturated rings. The fourth-order valence-electron chi connectivity index (χ4n) is 3.89. The summed E-state index contributed by atoms with van der Waals surface area (Å²) in [6, 6.07) is 3.12. The Balaban J connectivity index is 1.62.